The number of rotatable bonds is 3. The molecule has 0 aliphatic carbocycles. The third kappa shape index (κ3) is 3.28. The summed E-state index contributed by atoms with van der Waals surface area (Å²) in [4.78, 5) is 4.88. The number of nitriles is 1. The molecule has 3 heteroatoms. The number of likely N-dealkylation sites (N-methyl/N-ethyl adjacent to an activating group) is 1. The van der Waals surface area contributed by atoms with Crippen LogP contribution in [0.25, 0.3) is 0 Å². The maximum atomic E-state index is 8.59. The summed E-state index contributed by atoms with van der Waals surface area (Å²) in [6, 6.07) is 2.88. The van der Waals surface area contributed by atoms with Crippen molar-refractivity contribution in [1.29, 1.82) is 5.26 Å². The van der Waals surface area contributed by atoms with E-state index >= 15 is 0 Å². The standard InChI is InChI=1S/C11H21N3/c1-3-11-10-13(2)7-5-9-14(11)8-4-6-12/h11H,3-5,7-10H2,1-2H3. The highest BCUT2D eigenvalue weighted by molar-refractivity contribution is 4.80. The molecule has 3 nitrogen and oxygen atoms in total. The summed E-state index contributed by atoms with van der Waals surface area (Å²) in [6.07, 6.45) is 3.09. The fourth-order valence-corrected chi connectivity index (χ4v) is 2.17. The average molecular weight is 195 g/mol. The molecular weight excluding hydrogens is 174 g/mol. The van der Waals surface area contributed by atoms with Crippen molar-refractivity contribution in [3.05, 3.63) is 0 Å². The van der Waals surface area contributed by atoms with E-state index in [0.717, 1.165) is 19.6 Å². The molecule has 1 unspecified atom stereocenters. The molecule has 0 saturated carbocycles. The van der Waals surface area contributed by atoms with Gasteiger partial charge in [-0.15, -0.1) is 0 Å². The van der Waals surface area contributed by atoms with Gasteiger partial charge in [0.15, 0.2) is 0 Å². The minimum Gasteiger partial charge on any atom is -0.305 e. The van der Waals surface area contributed by atoms with Crippen molar-refractivity contribution in [3.63, 3.8) is 0 Å². The monoisotopic (exact) mass is 195 g/mol. The van der Waals surface area contributed by atoms with Crippen LogP contribution in [-0.4, -0.2) is 49.1 Å². The van der Waals surface area contributed by atoms with E-state index in [9.17, 15) is 0 Å². The highest BCUT2D eigenvalue weighted by Crippen LogP contribution is 2.11. The van der Waals surface area contributed by atoms with Gasteiger partial charge in [0.05, 0.1) is 6.07 Å². The minimum atomic E-state index is 0.649. The Balaban J connectivity index is 2.48. The maximum absolute atomic E-state index is 8.59. The van der Waals surface area contributed by atoms with Crippen molar-refractivity contribution in [1.82, 2.24) is 9.80 Å². The average Bonchev–Trinajstić information content (AvgIpc) is 2.36. The van der Waals surface area contributed by atoms with Gasteiger partial charge in [-0.3, -0.25) is 4.90 Å². The molecule has 0 spiro atoms. The molecule has 14 heavy (non-hydrogen) atoms. The molecule has 1 aliphatic heterocycles. The zero-order chi connectivity index (χ0) is 10.4. The van der Waals surface area contributed by atoms with Gasteiger partial charge in [-0.1, -0.05) is 6.92 Å². The van der Waals surface area contributed by atoms with Crippen LogP contribution in [0.1, 0.15) is 26.2 Å². The first-order chi connectivity index (χ1) is 6.77. The molecule has 0 aromatic carbocycles. The van der Waals surface area contributed by atoms with E-state index in [1.54, 1.807) is 0 Å². The summed E-state index contributed by atoms with van der Waals surface area (Å²) in [5.41, 5.74) is 0. The number of hydrogen-bond donors (Lipinski definition) is 0. The van der Waals surface area contributed by atoms with Crippen molar-refractivity contribution in [2.45, 2.75) is 32.2 Å². The summed E-state index contributed by atoms with van der Waals surface area (Å²) in [7, 11) is 2.19. The first-order valence-corrected chi connectivity index (χ1v) is 5.57. The SMILES string of the molecule is CCC1CN(C)CCCN1CCC#N. The van der Waals surface area contributed by atoms with Crippen LogP contribution in [0.3, 0.4) is 0 Å². The first kappa shape index (κ1) is 11.5. The second-order valence-corrected chi connectivity index (χ2v) is 4.12. The molecule has 1 heterocycles. The van der Waals surface area contributed by atoms with E-state index in [4.69, 9.17) is 5.26 Å². The fraction of sp³-hybridized carbons (Fsp3) is 0.909. The van der Waals surface area contributed by atoms with Gasteiger partial charge in [0.2, 0.25) is 0 Å². The lowest BCUT2D eigenvalue weighted by Gasteiger charge is -2.29. The van der Waals surface area contributed by atoms with Crippen molar-refractivity contribution in [2.75, 3.05) is 33.2 Å². The van der Waals surface area contributed by atoms with Gasteiger partial charge in [0.25, 0.3) is 0 Å². The fourth-order valence-electron chi connectivity index (χ4n) is 2.17. The van der Waals surface area contributed by atoms with Crippen LogP contribution < -0.4 is 0 Å². The maximum Gasteiger partial charge on any atom is 0.0635 e. The van der Waals surface area contributed by atoms with Gasteiger partial charge in [-0.2, -0.15) is 5.26 Å². The van der Waals surface area contributed by atoms with Gasteiger partial charge >= 0.3 is 0 Å². The Morgan fingerprint density at radius 3 is 2.86 bits per heavy atom. The summed E-state index contributed by atoms with van der Waals surface area (Å²) in [5, 5.41) is 8.59. The normalized spacial score (nSPS) is 25.6. The smallest absolute Gasteiger partial charge is 0.0635 e. The van der Waals surface area contributed by atoms with Crippen LogP contribution in [0.2, 0.25) is 0 Å². The Morgan fingerprint density at radius 2 is 2.21 bits per heavy atom. The molecule has 1 atom stereocenters. The van der Waals surface area contributed by atoms with E-state index < -0.39 is 0 Å². The zero-order valence-corrected chi connectivity index (χ0v) is 9.37. The summed E-state index contributed by atoms with van der Waals surface area (Å²) in [6.45, 7) is 6.69. The molecule has 80 valence electrons. The minimum absolute atomic E-state index is 0.649. The van der Waals surface area contributed by atoms with Crippen LogP contribution in [0.4, 0.5) is 0 Å². The molecular formula is C11H21N3. The van der Waals surface area contributed by atoms with Crippen LogP contribution in [0.15, 0.2) is 0 Å². The lowest BCUT2D eigenvalue weighted by Crippen LogP contribution is -2.40. The number of hydrogen-bond acceptors (Lipinski definition) is 3. The Kier molecular flexibility index (Phi) is 4.92. The highest BCUT2D eigenvalue weighted by atomic mass is 15.2. The largest absolute Gasteiger partial charge is 0.305 e. The molecule has 0 N–H and O–H groups in total. The molecule has 0 radical (unpaired) electrons. The van der Waals surface area contributed by atoms with Crippen LogP contribution in [-0.2, 0) is 0 Å². The van der Waals surface area contributed by atoms with Crippen LogP contribution >= 0.6 is 0 Å². The van der Waals surface area contributed by atoms with Crippen LogP contribution in [0.5, 0.6) is 0 Å². The van der Waals surface area contributed by atoms with E-state index in [1.165, 1.54) is 19.4 Å². The molecule has 0 aromatic rings. The lowest BCUT2D eigenvalue weighted by molar-refractivity contribution is 0.187. The number of nitrogens with zero attached hydrogens (tertiary/aromatic N) is 3. The molecule has 1 saturated heterocycles. The second kappa shape index (κ2) is 6.00. The Hall–Kier alpha value is -0.590. The van der Waals surface area contributed by atoms with Crippen molar-refractivity contribution in [3.8, 4) is 6.07 Å². The van der Waals surface area contributed by atoms with Crippen molar-refractivity contribution in [2.24, 2.45) is 0 Å². The summed E-state index contributed by atoms with van der Waals surface area (Å²) < 4.78 is 0. The van der Waals surface area contributed by atoms with Gasteiger partial charge in [0.1, 0.15) is 0 Å². The Morgan fingerprint density at radius 1 is 1.43 bits per heavy atom. The van der Waals surface area contributed by atoms with E-state index in [0.29, 0.717) is 12.5 Å². The summed E-state index contributed by atoms with van der Waals surface area (Å²) >= 11 is 0. The Labute approximate surface area is 87.3 Å². The molecule has 0 bridgehead atoms. The van der Waals surface area contributed by atoms with Crippen molar-refractivity contribution < 1.29 is 0 Å². The molecule has 1 rings (SSSR count). The molecule has 0 amide bonds. The highest BCUT2D eigenvalue weighted by Gasteiger charge is 2.20. The van der Waals surface area contributed by atoms with Crippen molar-refractivity contribution >= 4 is 0 Å². The summed E-state index contributed by atoms with van der Waals surface area (Å²) in [5.74, 6) is 0. The van der Waals surface area contributed by atoms with Gasteiger partial charge < -0.3 is 4.90 Å². The lowest BCUT2D eigenvalue weighted by atomic mass is 10.2. The molecule has 0 aromatic heterocycles. The predicted octanol–water partition coefficient (Wildman–Crippen LogP) is 1.32. The van der Waals surface area contributed by atoms with E-state index in [1.807, 2.05) is 0 Å². The van der Waals surface area contributed by atoms with Gasteiger partial charge in [-0.25, -0.2) is 0 Å². The Bertz CT molecular complexity index is 197. The first-order valence-electron chi connectivity index (χ1n) is 5.57. The topological polar surface area (TPSA) is 30.3 Å². The van der Waals surface area contributed by atoms with Gasteiger partial charge in [0, 0.05) is 25.6 Å². The van der Waals surface area contributed by atoms with E-state index in [-0.39, 0.29) is 0 Å². The van der Waals surface area contributed by atoms with Crippen LogP contribution in [0, 0.1) is 11.3 Å². The molecule has 1 aliphatic rings. The molecule has 1 fully saturated rings. The third-order valence-electron chi connectivity index (χ3n) is 3.01. The second-order valence-electron chi connectivity index (χ2n) is 4.12. The predicted molar refractivity (Wildman–Crippen MR) is 58.0 cm³/mol. The third-order valence-corrected chi connectivity index (χ3v) is 3.01. The van der Waals surface area contributed by atoms with E-state index in [2.05, 4.69) is 29.8 Å². The zero-order valence-electron chi connectivity index (χ0n) is 9.37. The van der Waals surface area contributed by atoms with Gasteiger partial charge in [-0.05, 0) is 33.0 Å². The quantitative estimate of drug-likeness (QED) is 0.680.